The van der Waals surface area contributed by atoms with Gasteiger partial charge in [-0.2, -0.15) is 4.98 Å². The summed E-state index contributed by atoms with van der Waals surface area (Å²) in [4.78, 5) is 13.2. The lowest BCUT2D eigenvalue weighted by Gasteiger charge is -2.14. The van der Waals surface area contributed by atoms with E-state index in [1.54, 1.807) is 12.4 Å². The van der Waals surface area contributed by atoms with Crippen molar-refractivity contribution in [2.24, 2.45) is 0 Å². The maximum atomic E-state index is 9.29. The van der Waals surface area contributed by atoms with Crippen molar-refractivity contribution in [2.45, 2.75) is 19.5 Å². The Morgan fingerprint density at radius 3 is 2.73 bits per heavy atom. The summed E-state index contributed by atoms with van der Waals surface area (Å²) >= 11 is 3.56. The van der Waals surface area contributed by atoms with Gasteiger partial charge in [0.2, 0.25) is 5.95 Å². The number of anilines is 2. The number of aromatic nitrogens is 3. The summed E-state index contributed by atoms with van der Waals surface area (Å²) in [5, 5.41) is 15.7. The number of nitrogens with one attached hydrogen (secondary N) is 2. The highest BCUT2D eigenvalue weighted by Gasteiger charge is 2.09. The van der Waals surface area contributed by atoms with Gasteiger partial charge in [0.05, 0.1) is 12.3 Å². The number of aliphatic hydroxyl groups excluding tert-OH is 1. The van der Waals surface area contributed by atoms with Crippen LogP contribution in [0, 0.1) is 0 Å². The largest absolute Gasteiger partial charge is 0.394 e. The molecule has 134 valence electrons. The van der Waals surface area contributed by atoms with Crippen LogP contribution in [-0.4, -0.2) is 32.7 Å². The summed E-state index contributed by atoms with van der Waals surface area (Å²) in [5.74, 6) is 1.16. The number of benzene rings is 1. The molecule has 7 heteroatoms. The quantitative estimate of drug-likeness (QED) is 0.547. The van der Waals surface area contributed by atoms with Gasteiger partial charge >= 0.3 is 0 Å². The lowest BCUT2D eigenvalue weighted by molar-refractivity contribution is 0.281. The lowest BCUT2D eigenvalue weighted by atomic mass is 10.2. The minimum Gasteiger partial charge on any atom is -0.394 e. The Morgan fingerprint density at radius 2 is 2.00 bits per heavy atom. The molecule has 2 aromatic heterocycles. The average Bonchev–Trinajstić information content (AvgIpc) is 2.68. The second-order valence-electron chi connectivity index (χ2n) is 5.88. The molecule has 0 fully saturated rings. The molecule has 0 radical (unpaired) electrons. The van der Waals surface area contributed by atoms with Crippen molar-refractivity contribution >= 4 is 27.7 Å². The topological polar surface area (TPSA) is 83.0 Å². The van der Waals surface area contributed by atoms with E-state index in [1.807, 2.05) is 49.4 Å². The van der Waals surface area contributed by atoms with E-state index >= 15 is 0 Å². The first-order valence-corrected chi connectivity index (χ1v) is 9.09. The first-order valence-electron chi connectivity index (χ1n) is 8.30. The van der Waals surface area contributed by atoms with E-state index in [0.717, 1.165) is 21.3 Å². The van der Waals surface area contributed by atoms with Crippen LogP contribution in [0.3, 0.4) is 0 Å². The van der Waals surface area contributed by atoms with E-state index in [2.05, 4.69) is 41.5 Å². The molecule has 0 amide bonds. The standard InChI is InChI=1S/C19H20BrN5O/c1-13(12-26)23-19-24-17(15-6-4-8-21-10-15)9-18(25-19)22-11-14-5-2-3-7-16(14)20/h2-10,13,26H,11-12H2,1H3,(H2,22,23,24,25)/t13-/m0/s1. The van der Waals surface area contributed by atoms with E-state index in [9.17, 15) is 5.11 Å². The fraction of sp³-hybridized carbons (Fsp3) is 0.211. The Labute approximate surface area is 160 Å². The van der Waals surface area contributed by atoms with Crippen LogP contribution in [-0.2, 0) is 6.54 Å². The first kappa shape index (κ1) is 18.3. The molecule has 0 aliphatic rings. The molecule has 0 saturated carbocycles. The molecule has 0 saturated heterocycles. The van der Waals surface area contributed by atoms with Gasteiger partial charge in [-0.15, -0.1) is 0 Å². The zero-order chi connectivity index (χ0) is 18.4. The predicted octanol–water partition coefficient (Wildman–Crippen LogP) is 3.71. The van der Waals surface area contributed by atoms with Crippen LogP contribution >= 0.6 is 15.9 Å². The normalized spacial score (nSPS) is 11.8. The van der Waals surface area contributed by atoms with Crippen molar-refractivity contribution in [3.63, 3.8) is 0 Å². The summed E-state index contributed by atoms with van der Waals surface area (Å²) in [6.45, 7) is 2.49. The molecule has 0 spiro atoms. The second kappa shape index (κ2) is 8.73. The molecular weight excluding hydrogens is 394 g/mol. The zero-order valence-corrected chi connectivity index (χ0v) is 15.9. The third kappa shape index (κ3) is 4.77. The van der Waals surface area contributed by atoms with Crippen LogP contribution in [0.2, 0.25) is 0 Å². The molecule has 0 bridgehead atoms. The van der Waals surface area contributed by atoms with Crippen molar-refractivity contribution in [3.05, 3.63) is 64.9 Å². The van der Waals surface area contributed by atoms with Gasteiger partial charge in [0.15, 0.2) is 0 Å². The molecule has 0 unspecified atom stereocenters. The highest BCUT2D eigenvalue weighted by molar-refractivity contribution is 9.10. The minimum atomic E-state index is -0.143. The average molecular weight is 414 g/mol. The second-order valence-corrected chi connectivity index (χ2v) is 6.73. The smallest absolute Gasteiger partial charge is 0.225 e. The van der Waals surface area contributed by atoms with Crippen molar-refractivity contribution in [1.82, 2.24) is 15.0 Å². The SMILES string of the molecule is C[C@@H](CO)Nc1nc(NCc2ccccc2Br)cc(-c2cccnc2)n1. The Hall–Kier alpha value is -2.51. The van der Waals surface area contributed by atoms with Gasteiger partial charge in [0, 0.05) is 41.1 Å². The third-order valence-corrected chi connectivity index (χ3v) is 4.52. The van der Waals surface area contributed by atoms with Gasteiger partial charge in [-0.25, -0.2) is 4.98 Å². The fourth-order valence-corrected chi connectivity index (χ4v) is 2.78. The van der Waals surface area contributed by atoms with Crippen LogP contribution in [0.1, 0.15) is 12.5 Å². The van der Waals surface area contributed by atoms with Gasteiger partial charge in [-0.05, 0) is 30.7 Å². The number of hydrogen-bond acceptors (Lipinski definition) is 6. The monoisotopic (exact) mass is 413 g/mol. The maximum absolute atomic E-state index is 9.29. The number of halogens is 1. The number of nitrogens with zero attached hydrogens (tertiary/aromatic N) is 3. The van der Waals surface area contributed by atoms with Crippen LogP contribution in [0.15, 0.2) is 59.3 Å². The molecule has 3 rings (SSSR count). The van der Waals surface area contributed by atoms with Gasteiger partial charge in [-0.1, -0.05) is 34.1 Å². The van der Waals surface area contributed by atoms with Crippen LogP contribution in [0.25, 0.3) is 11.3 Å². The molecule has 2 heterocycles. The summed E-state index contributed by atoms with van der Waals surface area (Å²) in [6, 6.07) is 13.6. The van der Waals surface area contributed by atoms with Gasteiger partial charge < -0.3 is 15.7 Å². The number of hydrogen-bond donors (Lipinski definition) is 3. The van der Waals surface area contributed by atoms with Gasteiger partial charge in [0.25, 0.3) is 0 Å². The lowest BCUT2D eigenvalue weighted by Crippen LogP contribution is -2.21. The van der Waals surface area contributed by atoms with E-state index in [0.29, 0.717) is 18.3 Å². The Balaban J connectivity index is 1.88. The summed E-state index contributed by atoms with van der Waals surface area (Å²) in [6.07, 6.45) is 3.49. The summed E-state index contributed by atoms with van der Waals surface area (Å²) in [7, 11) is 0. The van der Waals surface area contributed by atoms with E-state index in [-0.39, 0.29) is 12.6 Å². The Bertz CT molecular complexity index is 860. The molecule has 1 atom stereocenters. The molecule has 3 N–H and O–H groups in total. The van der Waals surface area contributed by atoms with Crippen molar-refractivity contribution in [3.8, 4) is 11.3 Å². The predicted molar refractivity (Wildman–Crippen MR) is 107 cm³/mol. The summed E-state index contributed by atoms with van der Waals surface area (Å²) in [5.41, 5.74) is 2.79. The van der Waals surface area contributed by atoms with Crippen molar-refractivity contribution in [1.29, 1.82) is 0 Å². The highest BCUT2D eigenvalue weighted by Crippen LogP contribution is 2.22. The summed E-state index contributed by atoms with van der Waals surface area (Å²) < 4.78 is 1.04. The first-order chi connectivity index (χ1) is 12.7. The Kier molecular flexibility index (Phi) is 6.14. The van der Waals surface area contributed by atoms with E-state index in [4.69, 9.17) is 0 Å². The van der Waals surface area contributed by atoms with Crippen LogP contribution in [0.4, 0.5) is 11.8 Å². The number of rotatable bonds is 7. The molecule has 3 aromatic rings. The number of aliphatic hydroxyl groups is 1. The van der Waals surface area contributed by atoms with E-state index < -0.39 is 0 Å². The molecule has 0 aliphatic heterocycles. The number of pyridine rings is 1. The Morgan fingerprint density at radius 1 is 1.15 bits per heavy atom. The minimum absolute atomic E-state index is 0.000203. The van der Waals surface area contributed by atoms with E-state index in [1.165, 1.54) is 0 Å². The third-order valence-electron chi connectivity index (χ3n) is 3.75. The van der Waals surface area contributed by atoms with Crippen molar-refractivity contribution in [2.75, 3.05) is 17.2 Å². The van der Waals surface area contributed by atoms with Gasteiger partial charge in [0.1, 0.15) is 5.82 Å². The zero-order valence-electron chi connectivity index (χ0n) is 14.4. The van der Waals surface area contributed by atoms with Crippen molar-refractivity contribution < 1.29 is 5.11 Å². The molecule has 1 aromatic carbocycles. The molecule has 26 heavy (non-hydrogen) atoms. The highest BCUT2D eigenvalue weighted by atomic mass is 79.9. The maximum Gasteiger partial charge on any atom is 0.225 e. The van der Waals surface area contributed by atoms with Crippen LogP contribution in [0.5, 0.6) is 0 Å². The molecule has 6 nitrogen and oxygen atoms in total. The molecule has 0 aliphatic carbocycles. The van der Waals surface area contributed by atoms with Crippen LogP contribution < -0.4 is 10.6 Å². The van der Waals surface area contributed by atoms with Gasteiger partial charge in [-0.3, -0.25) is 4.98 Å². The molecular formula is C19H20BrN5O. The fourth-order valence-electron chi connectivity index (χ4n) is 2.36.